The summed E-state index contributed by atoms with van der Waals surface area (Å²) < 4.78 is 9.70. The largest absolute Gasteiger partial charge is 0.468 e. The number of ketones is 1. The van der Waals surface area contributed by atoms with E-state index in [2.05, 4.69) is 4.74 Å². The molecule has 2 unspecified atom stereocenters. The number of methoxy groups -OCH3 is 2. The molecule has 4 nitrogen and oxygen atoms in total. The van der Waals surface area contributed by atoms with Crippen LogP contribution in [0.4, 0.5) is 0 Å². The van der Waals surface area contributed by atoms with Crippen molar-refractivity contribution in [3.05, 3.63) is 35.9 Å². The predicted octanol–water partition coefficient (Wildman–Crippen LogP) is 1.75. The molecule has 0 fully saturated rings. The summed E-state index contributed by atoms with van der Waals surface area (Å²) in [4.78, 5) is 23.4. The van der Waals surface area contributed by atoms with E-state index in [9.17, 15) is 9.59 Å². The standard InChI is InChI=1S/C13H16O4/c1-9(13(15)17-3)11(14)12(16-2)10-7-5-4-6-8-10/h4-9,12H,1-3H3. The molecule has 0 aliphatic heterocycles. The Balaban J connectivity index is 2.89. The van der Waals surface area contributed by atoms with E-state index in [0.717, 1.165) is 5.56 Å². The molecule has 1 aromatic carbocycles. The molecule has 0 heterocycles. The first-order valence-corrected chi connectivity index (χ1v) is 5.31. The first-order valence-electron chi connectivity index (χ1n) is 5.31. The van der Waals surface area contributed by atoms with Crippen molar-refractivity contribution in [1.82, 2.24) is 0 Å². The van der Waals surface area contributed by atoms with E-state index < -0.39 is 18.0 Å². The number of ether oxygens (including phenoxy) is 2. The van der Waals surface area contributed by atoms with Gasteiger partial charge in [0, 0.05) is 7.11 Å². The lowest BCUT2D eigenvalue weighted by atomic mass is 9.96. The molecule has 0 bridgehead atoms. The maximum absolute atomic E-state index is 12.0. The Hall–Kier alpha value is -1.68. The van der Waals surface area contributed by atoms with Crippen LogP contribution in [0.1, 0.15) is 18.6 Å². The Bertz CT molecular complexity index is 386. The fourth-order valence-corrected chi connectivity index (χ4v) is 1.56. The highest BCUT2D eigenvalue weighted by Gasteiger charge is 2.30. The van der Waals surface area contributed by atoms with E-state index >= 15 is 0 Å². The second-order valence-electron chi connectivity index (χ2n) is 3.67. The lowest BCUT2D eigenvalue weighted by Crippen LogP contribution is -2.28. The first-order chi connectivity index (χ1) is 8.11. The molecule has 92 valence electrons. The second-order valence-corrected chi connectivity index (χ2v) is 3.67. The van der Waals surface area contributed by atoms with Crippen molar-refractivity contribution in [1.29, 1.82) is 0 Å². The molecule has 0 saturated carbocycles. The maximum atomic E-state index is 12.0. The van der Waals surface area contributed by atoms with Crippen molar-refractivity contribution in [2.45, 2.75) is 13.0 Å². The van der Waals surface area contributed by atoms with Crippen LogP contribution in [0.25, 0.3) is 0 Å². The highest BCUT2D eigenvalue weighted by atomic mass is 16.5. The van der Waals surface area contributed by atoms with Crippen LogP contribution in [0.3, 0.4) is 0 Å². The van der Waals surface area contributed by atoms with Crippen LogP contribution in [-0.4, -0.2) is 26.0 Å². The topological polar surface area (TPSA) is 52.6 Å². The molecule has 0 aliphatic rings. The molecular weight excluding hydrogens is 220 g/mol. The Labute approximate surface area is 101 Å². The molecule has 0 spiro atoms. The van der Waals surface area contributed by atoms with Gasteiger partial charge in [0.05, 0.1) is 7.11 Å². The minimum absolute atomic E-state index is 0.300. The Morgan fingerprint density at radius 2 is 1.71 bits per heavy atom. The summed E-state index contributed by atoms with van der Waals surface area (Å²) in [5.74, 6) is -1.68. The average molecular weight is 236 g/mol. The van der Waals surface area contributed by atoms with Crippen LogP contribution in [0.5, 0.6) is 0 Å². The average Bonchev–Trinajstić information content (AvgIpc) is 2.38. The molecule has 1 rings (SSSR count). The van der Waals surface area contributed by atoms with E-state index in [1.54, 1.807) is 12.1 Å². The van der Waals surface area contributed by atoms with Crippen molar-refractivity contribution in [3.63, 3.8) is 0 Å². The Morgan fingerprint density at radius 3 is 2.18 bits per heavy atom. The summed E-state index contributed by atoms with van der Waals surface area (Å²) in [6, 6.07) is 9.06. The van der Waals surface area contributed by atoms with E-state index in [1.807, 2.05) is 18.2 Å². The van der Waals surface area contributed by atoms with Gasteiger partial charge in [-0.05, 0) is 12.5 Å². The molecule has 0 saturated heterocycles. The second kappa shape index (κ2) is 6.15. The third kappa shape index (κ3) is 3.14. The van der Waals surface area contributed by atoms with Gasteiger partial charge in [0.25, 0.3) is 0 Å². The van der Waals surface area contributed by atoms with Gasteiger partial charge in [0.15, 0.2) is 5.78 Å². The van der Waals surface area contributed by atoms with Crippen molar-refractivity contribution in [2.24, 2.45) is 5.92 Å². The number of hydrogen-bond acceptors (Lipinski definition) is 4. The van der Waals surface area contributed by atoms with Gasteiger partial charge in [0.1, 0.15) is 12.0 Å². The van der Waals surface area contributed by atoms with Crippen molar-refractivity contribution in [2.75, 3.05) is 14.2 Å². The summed E-state index contributed by atoms with van der Waals surface area (Å²) in [6.07, 6.45) is -0.731. The number of hydrogen-bond donors (Lipinski definition) is 0. The number of Topliss-reactive ketones (excluding diaryl/α,β-unsaturated/α-hetero) is 1. The van der Waals surface area contributed by atoms with Crippen LogP contribution in [0.2, 0.25) is 0 Å². The van der Waals surface area contributed by atoms with Crippen LogP contribution < -0.4 is 0 Å². The van der Waals surface area contributed by atoms with Gasteiger partial charge >= 0.3 is 5.97 Å². The number of carbonyl (C=O) groups excluding carboxylic acids is 2. The minimum Gasteiger partial charge on any atom is -0.468 e. The van der Waals surface area contributed by atoms with Crippen molar-refractivity contribution < 1.29 is 19.1 Å². The van der Waals surface area contributed by atoms with Crippen LogP contribution >= 0.6 is 0 Å². The fraction of sp³-hybridized carbons (Fsp3) is 0.385. The summed E-state index contributed by atoms with van der Waals surface area (Å²) in [5, 5.41) is 0. The monoisotopic (exact) mass is 236 g/mol. The Morgan fingerprint density at radius 1 is 1.12 bits per heavy atom. The summed E-state index contributed by atoms with van der Waals surface area (Å²) in [7, 11) is 2.70. The third-order valence-electron chi connectivity index (χ3n) is 2.58. The number of esters is 1. The van der Waals surface area contributed by atoms with Crippen molar-refractivity contribution in [3.8, 4) is 0 Å². The lowest BCUT2D eigenvalue weighted by molar-refractivity contribution is -0.151. The molecule has 0 amide bonds. The van der Waals surface area contributed by atoms with E-state index in [0.29, 0.717) is 0 Å². The van der Waals surface area contributed by atoms with Crippen molar-refractivity contribution >= 4 is 11.8 Å². The van der Waals surface area contributed by atoms with E-state index in [1.165, 1.54) is 21.1 Å². The van der Waals surface area contributed by atoms with E-state index in [-0.39, 0.29) is 5.78 Å². The number of benzene rings is 1. The molecular formula is C13H16O4. The first kappa shape index (κ1) is 13.4. The van der Waals surface area contributed by atoms with Gasteiger partial charge in [-0.1, -0.05) is 30.3 Å². The molecule has 4 heteroatoms. The van der Waals surface area contributed by atoms with Gasteiger partial charge in [-0.3, -0.25) is 9.59 Å². The number of carbonyl (C=O) groups is 2. The highest BCUT2D eigenvalue weighted by Crippen LogP contribution is 2.21. The van der Waals surface area contributed by atoms with E-state index in [4.69, 9.17) is 4.74 Å². The molecule has 0 radical (unpaired) electrons. The molecule has 0 aromatic heterocycles. The molecule has 2 atom stereocenters. The zero-order valence-corrected chi connectivity index (χ0v) is 10.2. The summed E-state index contributed by atoms with van der Waals surface area (Å²) in [6.45, 7) is 1.52. The zero-order valence-electron chi connectivity index (χ0n) is 10.2. The predicted molar refractivity (Wildman–Crippen MR) is 62.4 cm³/mol. The minimum atomic E-state index is -0.829. The van der Waals surface area contributed by atoms with Crippen LogP contribution in [0, 0.1) is 5.92 Å². The molecule has 1 aromatic rings. The van der Waals surface area contributed by atoms with Gasteiger partial charge in [-0.2, -0.15) is 0 Å². The smallest absolute Gasteiger partial charge is 0.316 e. The van der Waals surface area contributed by atoms with Crippen LogP contribution in [0.15, 0.2) is 30.3 Å². The zero-order chi connectivity index (χ0) is 12.8. The van der Waals surface area contributed by atoms with Crippen LogP contribution in [-0.2, 0) is 19.1 Å². The highest BCUT2D eigenvalue weighted by molar-refractivity contribution is 6.01. The quantitative estimate of drug-likeness (QED) is 0.577. The van der Waals surface area contributed by atoms with Gasteiger partial charge in [-0.25, -0.2) is 0 Å². The van der Waals surface area contributed by atoms with Gasteiger partial charge in [0.2, 0.25) is 0 Å². The fourth-order valence-electron chi connectivity index (χ4n) is 1.56. The molecule has 0 aliphatic carbocycles. The molecule has 0 N–H and O–H groups in total. The third-order valence-corrected chi connectivity index (χ3v) is 2.58. The number of rotatable bonds is 5. The summed E-state index contributed by atoms with van der Waals surface area (Å²) in [5.41, 5.74) is 0.732. The summed E-state index contributed by atoms with van der Waals surface area (Å²) >= 11 is 0. The van der Waals surface area contributed by atoms with Gasteiger partial charge in [-0.15, -0.1) is 0 Å². The van der Waals surface area contributed by atoms with Gasteiger partial charge < -0.3 is 9.47 Å². The molecule has 17 heavy (non-hydrogen) atoms. The maximum Gasteiger partial charge on any atom is 0.316 e. The normalized spacial score (nSPS) is 13.8. The Kier molecular flexibility index (Phi) is 4.84. The lowest BCUT2D eigenvalue weighted by Gasteiger charge is -2.17. The SMILES string of the molecule is COC(=O)C(C)C(=O)C(OC)c1ccccc1.